The third-order valence-corrected chi connectivity index (χ3v) is 5.84. The zero-order valence-corrected chi connectivity index (χ0v) is 16.6. The maximum absolute atomic E-state index is 12.7. The fourth-order valence-electron chi connectivity index (χ4n) is 3.34. The second kappa shape index (κ2) is 7.59. The van der Waals surface area contributed by atoms with Crippen molar-refractivity contribution in [2.45, 2.75) is 25.0 Å². The van der Waals surface area contributed by atoms with E-state index in [0.717, 1.165) is 34.3 Å². The molecule has 0 atom stereocenters. The van der Waals surface area contributed by atoms with Gasteiger partial charge in [0.15, 0.2) is 16.8 Å². The van der Waals surface area contributed by atoms with Crippen molar-refractivity contribution < 1.29 is 9.59 Å². The summed E-state index contributed by atoms with van der Waals surface area (Å²) < 4.78 is 2.02. The number of anilines is 1. The molecule has 0 radical (unpaired) electrons. The van der Waals surface area contributed by atoms with Gasteiger partial charge in [-0.15, -0.1) is 10.2 Å². The molecule has 0 unspecified atom stereocenters. The lowest BCUT2D eigenvalue weighted by molar-refractivity contribution is -0.117. The van der Waals surface area contributed by atoms with Gasteiger partial charge in [0.25, 0.3) is 0 Å². The van der Waals surface area contributed by atoms with Crippen molar-refractivity contribution in [1.82, 2.24) is 14.8 Å². The number of ketones is 1. The van der Waals surface area contributed by atoms with Crippen LogP contribution in [0.3, 0.4) is 0 Å². The van der Waals surface area contributed by atoms with Crippen molar-refractivity contribution in [3.63, 3.8) is 0 Å². The lowest BCUT2D eigenvalue weighted by Gasteiger charge is -2.10. The first kappa shape index (κ1) is 18.4. The third-order valence-electron chi connectivity index (χ3n) is 4.88. The highest BCUT2D eigenvalue weighted by atomic mass is 32.2. The Morgan fingerprint density at radius 2 is 1.93 bits per heavy atom. The van der Waals surface area contributed by atoms with E-state index in [1.54, 1.807) is 18.0 Å². The number of fused-ring (bicyclic) bond motifs is 1. The minimum atomic E-state index is 0.0155. The van der Waals surface area contributed by atoms with Gasteiger partial charge in [0, 0.05) is 30.4 Å². The molecule has 142 valence electrons. The zero-order chi connectivity index (χ0) is 19.7. The SMILES string of the molecule is CCn1c(SCC(=O)c2ccc3c(c2)CC(=O)N3C)nnc1-c1ccccc1. The van der Waals surface area contributed by atoms with Gasteiger partial charge in [-0.1, -0.05) is 42.1 Å². The number of rotatable bonds is 6. The number of hydrogen-bond acceptors (Lipinski definition) is 5. The average molecular weight is 392 g/mol. The number of thioether (sulfide) groups is 1. The Balaban J connectivity index is 1.50. The van der Waals surface area contributed by atoms with Gasteiger partial charge in [0.2, 0.25) is 5.91 Å². The van der Waals surface area contributed by atoms with E-state index in [-0.39, 0.29) is 17.4 Å². The normalized spacial score (nSPS) is 13.1. The Hall–Kier alpha value is -2.93. The number of hydrogen-bond donors (Lipinski definition) is 0. The van der Waals surface area contributed by atoms with Gasteiger partial charge in [0.05, 0.1) is 12.2 Å². The van der Waals surface area contributed by atoms with Crippen LogP contribution in [-0.2, 0) is 17.8 Å². The number of carbonyl (C=O) groups is 2. The van der Waals surface area contributed by atoms with Crippen molar-refractivity contribution in [1.29, 1.82) is 0 Å². The first-order valence-electron chi connectivity index (χ1n) is 9.12. The molecule has 3 aromatic rings. The number of amides is 1. The van der Waals surface area contributed by atoms with Gasteiger partial charge in [-0.05, 0) is 30.7 Å². The smallest absolute Gasteiger partial charge is 0.231 e. The molecule has 7 heteroatoms. The minimum Gasteiger partial charge on any atom is -0.315 e. The molecule has 1 aliphatic heterocycles. The molecule has 2 aromatic carbocycles. The van der Waals surface area contributed by atoms with Crippen LogP contribution in [0.4, 0.5) is 5.69 Å². The maximum Gasteiger partial charge on any atom is 0.231 e. The Morgan fingerprint density at radius 1 is 1.14 bits per heavy atom. The molecule has 1 amide bonds. The van der Waals surface area contributed by atoms with Gasteiger partial charge in [0.1, 0.15) is 0 Å². The summed E-state index contributed by atoms with van der Waals surface area (Å²) in [5.74, 6) is 1.15. The van der Waals surface area contributed by atoms with E-state index < -0.39 is 0 Å². The molecule has 1 aromatic heterocycles. The van der Waals surface area contributed by atoms with Gasteiger partial charge >= 0.3 is 0 Å². The molecular weight excluding hydrogens is 372 g/mol. The standard InChI is InChI=1S/C21H20N4O2S/c1-3-25-20(14-7-5-4-6-8-14)22-23-21(25)28-13-18(26)15-9-10-17-16(11-15)12-19(27)24(17)2/h4-11H,3,12-13H2,1-2H3. The molecule has 0 saturated heterocycles. The molecule has 0 saturated carbocycles. The fourth-order valence-corrected chi connectivity index (χ4v) is 4.24. The van der Waals surface area contributed by atoms with Crippen LogP contribution in [0.1, 0.15) is 22.8 Å². The van der Waals surface area contributed by atoms with Crippen molar-refractivity contribution in [3.8, 4) is 11.4 Å². The summed E-state index contributed by atoms with van der Waals surface area (Å²) in [6, 6.07) is 15.4. The molecule has 0 bridgehead atoms. The number of nitrogens with zero attached hydrogens (tertiary/aromatic N) is 4. The second-order valence-corrected chi connectivity index (χ2v) is 7.54. The largest absolute Gasteiger partial charge is 0.315 e. The molecule has 2 heterocycles. The summed E-state index contributed by atoms with van der Waals surface area (Å²) in [4.78, 5) is 26.1. The highest BCUT2D eigenvalue weighted by Crippen LogP contribution is 2.29. The van der Waals surface area contributed by atoms with E-state index in [0.29, 0.717) is 12.0 Å². The van der Waals surface area contributed by atoms with Crippen molar-refractivity contribution in [3.05, 3.63) is 59.7 Å². The highest BCUT2D eigenvalue weighted by Gasteiger charge is 2.25. The Kier molecular flexibility index (Phi) is 5.00. The quantitative estimate of drug-likeness (QED) is 0.475. The first-order chi connectivity index (χ1) is 13.6. The second-order valence-electron chi connectivity index (χ2n) is 6.60. The molecule has 0 spiro atoms. The van der Waals surface area contributed by atoms with Gasteiger partial charge in [-0.3, -0.25) is 9.59 Å². The number of benzene rings is 2. The maximum atomic E-state index is 12.7. The lowest BCUT2D eigenvalue weighted by Crippen LogP contribution is -2.20. The van der Waals surface area contributed by atoms with E-state index in [1.807, 2.05) is 54.0 Å². The van der Waals surface area contributed by atoms with Crippen LogP contribution < -0.4 is 4.90 Å². The molecule has 0 N–H and O–H groups in total. The van der Waals surface area contributed by atoms with Crippen LogP contribution in [0.5, 0.6) is 0 Å². The molecular formula is C21H20N4O2S. The van der Waals surface area contributed by atoms with E-state index in [9.17, 15) is 9.59 Å². The highest BCUT2D eigenvalue weighted by molar-refractivity contribution is 7.99. The molecule has 0 fully saturated rings. The van der Waals surface area contributed by atoms with Crippen LogP contribution in [0.25, 0.3) is 11.4 Å². The number of aromatic nitrogens is 3. The zero-order valence-electron chi connectivity index (χ0n) is 15.8. The summed E-state index contributed by atoms with van der Waals surface area (Å²) in [5, 5.41) is 9.32. The topological polar surface area (TPSA) is 68.1 Å². The fraction of sp³-hybridized carbons (Fsp3) is 0.238. The number of carbonyl (C=O) groups excluding carboxylic acids is 2. The molecule has 1 aliphatic rings. The lowest BCUT2D eigenvalue weighted by atomic mass is 10.1. The summed E-state index contributed by atoms with van der Waals surface area (Å²) in [6.45, 7) is 2.76. The first-order valence-corrected chi connectivity index (χ1v) is 10.1. The van der Waals surface area contributed by atoms with Crippen molar-refractivity contribution in [2.75, 3.05) is 17.7 Å². The third kappa shape index (κ3) is 3.33. The molecule has 0 aliphatic carbocycles. The van der Waals surface area contributed by atoms with Crippen LogP contribution in [0, 0.1) is 0 Å². The van der Waals surface area contributed by atoms with E-state index >= 15 is 0 Å². The van der Waals surface area contributed by atoms with Gasteiger partial charge in [-0.25, -0.2) is 0 Å². The van der Waals surface area contributed by atoms with E-state index in [4.69, 9.17) is 0 Å². The average Bonchev–Trinajstić information content (AvgIpc) is 3.26. The van der Waals surface area contributed by atoms with Gasteiger partial charge < -0.3 is 9.47 Å². The van der Waals surface area contributed by atoms with Crippen LogP contribution >= 0.6 is 11.8 Å². The molecule has 28 heavy (non-hydrogen) atoms. The van der Waals surface area contributed by atoms with Crippen LogP contribution in [0.2, 0.25) is 0 Å². The predicted octanol–water partition coefficient (Wildman–Crippen LogP) is 3.46. The monoisotopic (exact) mass is 392 g/mol. The number of likely N-dealkylation sites (N-methyl/N-ethyl adjacent to an activating group) is 1. The summed E-state index contributed by atoms with van der Waals surface area (Å²) in [7, 11) is 1.76. The Bertz CT molecular complexity index is 1050. The Labute approximate surface area is 167 Å². The van der Waals surface area contributed by atoms with Crippen LogP contribution in [-0.4, -0.2) is 39.3 Å². The van der Waals surface area contributed by atoms with Crippen molar-refractivity contribution in [2.24, 2.45) is 0 Å². The summed E-state index contributed by atoms with van der Waals surface area (Å²) >= 11 is 1.39. The summed E-state index contributed by atoms with van der Waals surface area (Å²) in [5.41, 5.74) is 3.42. The van der Waals surface area contributed by atoms with Gasteiger partial charge in [-0.2, -0.15) is 0 Å². The van der Waals surface area contributed by atoms with E-state index in [2.05, 4.69) is 10.2 Å². The number of Topliss-reactive ketones (excluding diaryl/α,β-unsaturated/α-hetero) is 1. The molecule has 6 nitrogen and oxygen atoms in total. The Morgan fingerprint density at radius 3 is 2.68 bits per heavy atom. The van der Waals surface area contributed by atoms with Crippen LogP contribution in [0.15, 0.2) is 53.7 Å². The van der Waals surface area contributed by atoms with Crippen molar-refractivity contribution >= 4 is 29.1 Å². The minimum absolute atomic E-state index is 0.0155. The predicted molar refractivity (Wildman–Crippen MR) is 110 cm³/mol. The molecule has 4 rings (SSSR count). The van der Waals surface area contributed by atoms with E-state index in [1.165, 1.54) is 11.8 Å². The summed E-state index contributed by atoms with van der Waals surface area (Å²) in [6.07, 6.45) is 0.352.